The molecule has 9 heteroatoms. The van der Waals surface area contributed by atoms with Gasteiger partial charge in [0, 0.05) is 0 Å². The molecule has 1 aliphatic rings. The third-order valence-electron chi connectivity index (χ3n) is 5.54. The Morgan fingerprint density at radius 2 is 1.11 bits per heavy atom. The maximum Gasteiger partial charge on any atom is 0.338 e. The maximum absolute atomic E-state index is 12.8. The zero-order valence-corrected chi connectivity index (χ0v) is 19.0. The minimum absolute atomic E-state index is 0.201. The van der Waals surface area contributed by atoms with Gasteiger partial charge in [-0.3, -0.25) is 0 Å². The molecule has 1 fully saturated rings. The third kappa shape index (κ3) is 5.77. The molecule has 3 aromatic carbocycles. The van der Waals surface area contributed by atoms with Crippen molar-refractivity contribution >= 4 is 17.9 Å². The van der Waals surface area contributed by atoms with Crippen LogP contribution >= 0.6 is 0 Å². The zero-order chi connectivity index (χ0) is 25.5. The topological polar surface area (TPSA) is 129 Å². The molecule has 2 N–H and O–H groups in total. The minimum Gasteiger partial charge on any atom is -0.453 e. The summed E-state index contributed by atoms with van der Waals surface area (Å²) in [7, 11) is 0. The first kappa shape index (κ1) is 25.1. The second kappa shape index (κ2) is 11.6. The first-order valence-electron chi connectivity index (χ1n) is 11.2. The Morgan fingerprint density at radius 3 is 1.56 bits per heavy atom. The second-order valence-electron chi connectivity index (χ2n) is 7.96. The van der Waals surface area contributed by atoms with Crippen LogP contribution < -0.4 is 0 Å². The highest BCUT2D eigenvalue weighted by atomic mass is 16.7. The number of hydrogen-bond acceptors (Lipinski definition) is 9. The number of ether oxygens (including phenoxy) is 4. The van der Waals surface area contributed by atoms with Crippen molar-refractivity contribution < 1.29 is 43.5 Å². The predicted octanol–water partition coefficient (Wildman–Crippen LogP) is 2.37. The summed E-state index contributed by atoms with van der Waals surface area (Å²) in [5, 5.41) is 20.6. The lowest BCUT2D eigenvalue weighted by molar-refractivity contribution is -0.152. The summed E-state index contributed by atoms with van der Waals surface area (Å²) in [5.74, 6) is -2.33. The average molecular weight is 492 g/mol. The van der Waals surface area contributed by atoms with Crippen LogP contribution in [0.3, 0.4) is 0 Å². The number of hydrogen-bond donors (Lipinski definition) is 2. The molecule has 0 saturated carbocycles. The van der Waals surface area contributed by atoms with E-state index in [-0.39, 0.29) is 16.7 Å². The maximum atomic E-state index is 12.8. The summed E-state index contributed by atoms with van der Waals surface area (Å²) in [6.45, 7) is -0.714. The number of esters is 3. The Labute approximate surface area is 206 Å². The zero-order valence-electron chi connectivity index (χ0n) is 19.0. The summed E-state index contributed by atoms with van der Waals surface area (Å²) in [5.41, 5.74) is 0.627. The first-order chi connectivity index (χ1) is 17.5. The van der Waals surface area contributed by atoms with Gasteiger partial charge in [-0.2, -0.15) is 0 Å². The van der Waals surface area contributed by atoms with Crippen molar-refractivity contribution in [3.63, 3.8) is 0 Å². The van der Waals surface area contributed by atoms with Crippen LogP contribution in [0.25, 0.3) is 0 Å². The Bertz CT molecular complexity index is 1170. The molecule has 4 rings (SSSR count). The molecular weight excluding hydrogens is 468 g/mol. The highest BCUT2D eigenvalue weighted by Crippen LogP contribution is 2.30. The van der Waals surface area contributed by atoms with Crippen molar-refractivity contribution in [2.24, 2.45) is 0 Å². The van der Waals surface area contributed by atoms with Crippen LogP contribution in [0, 0.1) is 0 Å². The SMILES string of the molecule is O=C(O[C@@H]1[C@@H](OC(=O)c2ccccc2)[C@H](O)O[C@H]1[C@@H](CO)OC(=O)c1ccccc1)c1ccccc1. The molecular formula is C27H24O9. The van der Waals surface area contributed by atoms with Gasteiger partial charge in [-0.05, 0) is 36.4 Å². The monoisotopic (exact) mass is 492 g/mol. The van der Waals surface area contributed by atoms with Gasteiger partial charge in [-0.15, -0.1) is 0 Å². The molecule has 9 nitrogen and oxygen atoms in total. The lowest BCUT2D eigenvalue weighted by atomic mass is 10.0. The van der Waals surface area contributed by atoms with Gasteiger partial charge in [0.2, 0.25) is 0 Å². The van der Waals surface area contributed by atoms with E-state index in [1.54, 1.807) is 54.6 Å². The summed E-state index contributed by atoms with van der Waals surface area (Å²) < 4.78 is 22.0. The van der Waals surface area contributed by atoms with E-state index in [0.29, 0.717) is 0 Å². The molecule has 1 heterocycles. The normalized spacial score (nSPS) is 21.8. The lowest BCUT2D eigenvalue weighted by Crippen LogP contribution is -2.46. The number of rotatable bonds is 8. The summed E-state index contributed by atoms with van der Waals surface area (Å²) in [6, 6.07) is 24.1. The van der Waals surface area contributed by atoms with E-state index in [0.717, 1.165) is 0 Å². The summed E-state index contributed by atoms with van der Waals surface area (Å²) in [4.78, 5) is 38.1. The van der Waals surface area contributed by atoms with Crippen molar-refractivity contribution in [2.45, 2.75) is 30.7 Å². The largest absolute Gasteiger partial charge is 0.453 e. The van der Waals surface area contributed by atoms with Crippen LogP contribution in [0.4, 0.5) is 0 Å². The van der Waals surface area contributed by atoms with Crippen molar-refractivity contribution in [1.82, 2.24) is 0 Å². The van der Waals surface area contributed by atoms with Gasteiger partial charge < -0.3 is 29.2 Å². The van der Waals surface area contributed by atoms with Crippen LogP contribution in [-0.4, -0.2) is 65.4 Å². The number of benzene rings is 3. The van der Waals surface area contributed by atoms with Crippen molar-refractivity contribution in [3.05, 3.63) is 108 Å². The van der Waals surface area contributed by atoms with E-state index in [4.69, 9.17) is 18.9 Å². The fourth-order valence-corrected chi connectivity index (χ4v) is 3.74. The molecule has 0 spiro atoms. The Balaban J connectivity index is 1.59. The molecule has 1 aliphatic heterocycles. The van der Waals surface area contributed by atoms with E-state index in [1.165, 1.54) is 36.4 Å². The fraction of sp³-hybridized carbons (Fsp3) is 0.222. The van der Waals surface area contributed by atoms with Crippen molar-refractivity contribution in [1.29, 1.82) is 0 Å². The first-order valence-corrected chi connectivity index (χ1v) is 11.2. The van der Waals surface area contributed by atoms with Crippen LogP contribution in [0.15, 0.2) is 91.0 Å². The standard InChI is InChI=1S/C27H24O9/c28-16-20(33-24(29)17-10-4-1-5-11-17)21-22(35-25(30)18-12-6-2-7-13-18)23(27(32)34-21)36-26(31)19-14-8-3-9-15-19/h1-15,20-23,27-28,32H,16H2/t20-,21+,22+,23-,27-/m1/s1. The van der Waals surface area contributed by atoms with Gasteiger partial charge in [-0.1, -0.05) is 54.6 Å². The van der Waals surface area contributed by atoms with E-state index >= 15 is 0 Å². The fourth-order valence-electron chi connectivity index (χ4n) is 3.74. The molecule has 0 unspecified atom stereocenters. The Morgan fingerprint density at radius 1 is 0.694 bits per heavy atom. The molecule has 0 aliphatic carbocycles. The summed E-state index contributed by atoms with van der Waals surface area (Å²) in [6.07, 6.45) is -7.26. The van der Waals surface area contributed by atoms with E-state index in [1.807, 2.05) is 0 Å². The molecule has 1 saturated heterocycles. The molecule has 36 heavy (non-hydrogen) atoms. The quantitative estimate of drug-likeness (QED) is 0.360. The molecule has 0 amide bonds. The Kier molecular flexibility index (Phi) is 8.06. The Hall–Kier alpha value is -4.05. The van der Waals surface area contributed by atoms with Gasteiger partial charge in [0.05, 0.1) is 23.3 Å². The molecule has 0 bridgehead atoms. The second-order valence-corrected chi connectivity index (χ2v) is 7.96. The molecule has 0 aromatic heterocycles. The number of aliphatic hydroxyl groups excluding tert-OH is 2. The van der Waals surface area contributed by atoms with E-state index < -0.39 is 55.2 Å². The molecule has 186 valence electrons. The van der Waals surface area contributed by atoms with Gasteiger partial charge in [0.1, 0.15) is 6.10 Å². The van der Waals surface area contributed by atoms with Gasteiger partial charge >= 0.3 is 17.9 Å². The van der Waals surface area contributed by atoms with E-state index in [2.05, 4.69) is 0 Å². The van der Waals surface area contributed by atoms with Crippen LogP contribution in [0.5, 0.6) is 0 Å². The third-order valence-corrected chi connectivity index (χ3v) is 5.54. The van der Waals surface area contributed by atoms with Gasteiger partial charge in [0.25, 0.3) is 0 Å². The molecule has 3 aromatic rings. The number of aliphatic hydroxyl groups is 2. The molecule has 5 atom stereocenters. The average Bonchev–Trinajstić information content (AvgIpc) is 3.22. The number of carbonyl (C=O) groups is 3. The van der Waals surface area contributed by atoms with Crippen LogP contribution in [-0.2, 0) is 18.9 Å². The van der Waals surface area contributed by atoms with Gasteiger partial charge in [0.15, 0.2) is 24.6 Å². The van der Waals surface area contributed by atoms with Crippen LogP contribution in [0.1, 0.15) is 31.1 Å². The van der Waals surface area contributed by atoms with Crippen LogP contribution in [0.2, 0.25) is 0 Å². The highest BCUT2D eigenvalue weighted by molar-refractivity contribution is 5.91. The predicted molar refractivity (Wildman–Crippen MR) is 125 cm³/mol. The lowest BCUT2D eigenvalue weighted by Gasteiger charge is -2.27. The molecule has 0 radical (unpaired) electrons. The van der Waals surface area contributed by atoms with Crippen molar-refractivity contribution in [3.8, 4) is 0 Å². The van der Waals surface area contributed by atoms with Crippen molar-refractivity contribution in [2.75, 3.05) is 6.61 Å². The highest BCUT2D eigenvalue weighted by Gasteiger charge is 2.53. The summed E-state index contributed by atoms with van der Waals surface area (Å²) >= 11 is 0. The number of carbonyl (C=O) groups excluding carboxylic acids is 3. The van der Waals surface area contributed by atoms with E-state index in [9.17, 15) is 24.6 Å². The van der Waals surface area contributed by atoms with Gasteiger partial charge in [-0.25, -0.2) is 14.4 Å². The minimum atomic E-state index is -1.72. The smallest absolute Gasteiger partial charge is 0.338 e.